The molecular formula is C17H19N3O2S. The molecule has 1 aromatic carbocycles. The van der Waals surface area contributed by atoms with Gasteiger partial charge in [-0.25, -0.2) is 4.98 Å². The number of rotatable bonds is 5. The maximum absolute atomic E-state index is 11.9. The monoisotopic (exact) mass is 329 g/mol. The highest BCUT2D eigenvalue weighted by atomic mass is 32.2. The van der Waals surface area contributed by atoms with Gasteiger partial charge < -0.3 is 10.2 Å². The molecule has 0 aliphatic heterocycles. The summed E-state index contributed by atoms with van der Waals surface area (Å²) >= 11 is 1.38. The Balaban J connectivity index is 1.87. The Labute approximate surface area is 140 Å². The zero-order valence-electron chi connectivity index (χ0n) is 13.4. The normalized spacial score (nSPS) is 10.2. The second kappa shape index (κ2) is 7.78. The summed E-state index contributed by atoms with van der Waals surface area (Å²) in [4.78, 5) is 29.5. The van der Waals surface area contributed by atoms with Crippen molar-refractivity contribution < 1.29 is 9.59 Å². The molecule has 23 heavy (non-hydrogen) atoms. The number of anilines is 1. The molecule has 0 aliphatic carbocycles. The molecule has 0 fully saturated rings. The van der Waals surface area contributed by atoms with Gasteiger partial charge in [-0.15, -0.1) is 0 Å². The van der Waals surface area contributed by atoms with Gasteiger partial charge in [0.2, 0.25) is 5.91 Å². The maximum Gasteiger partial charge on any atom is 0.253 e. The molecule has 0 aliphatic rings. The lowest BCUT2D eigenvalue weighted by Gasteiger charge is -2.11. The van der Waals surface area contributed by atoms with Crippen LogP contribution in [0.4, 0.5) is 5.69 Å². The van der Waals surface area contributed by atoms with Crippen molar-refractivity contribution in [2.75, 3.05) is 25.2 Å². The molecule has 0 unspecified atom stereocenters. The van der Waals surface area contributed by atoms with Crippen LogP contribution in [-0.4, -0.2) is 41.5 Å². The van der Waals surface area contributed by atoms with Crippen molar-refractivity contribution in [1.82, 2.24) is 9.88 Å². The zero-order valence-corrected chi connectivity index (χ0v) is 14.2. The summed E-state index contributed by atoms with van der Waals surface area (Å²) in [6, 6.07) is 10.7. The average Bonchev–Trinajstić information content (AvgIpc) is 2.54. The summed E-state index contributed by atoms with van der Waals surface area (Å²) in [5.74, 6) is 0.113. The van der Waals surface area contributed by atoms with Crippen molar-refractivity contribution >= 4 is 29.3 Å². The van der Waals surface area contributed by atoms with Crippen molar-refractivity contribution in [2.45, 2.75) is 11.9 Å². The van der Waals surface area contributed by atoms with Gasteiger partial charge in [0, 0.05) is 31.5 Å². The van der Waals surface area contributed by atoms with Gasteiger partial charge in [0.05, 0.1) is 10.8 Å². The molecule has 2 amide bonds. The molecule has 1 aromatic heterocycles. The van der Waals surface area contributed by atoms with E-state index in [2.05, 4.69) is 10.3 Å². The fourth-order valence-corrected chi connectivity index (χ4v) is 2.47. The number of hydrogen-bond acceptors (Lipinski definition) is 4. The smallest absolute Gasteiger partial charge is 0.253 e. The van der Waals surface area contributed by atoms with E-state index in [0.29, 0.717) is 11.3 Å². The molecule has 2 aromatic rings. The van der Waals surface area contributed by atoms with Crippen LogP contribution in [-0.2, 0) is 4.79 Å². The second-order valence-corrected chi connectivity index (χ2v) is 6.28. The minimum absolute atomic E-state index is 0.0659. The van der Waals surface area contributed by atoms with Gasteiger partial charge in [0.25, 0.3) is 5.91 Å². The number of nitrogens with zero attached hydrogens (tertiary/aromatic N) is 2. The molecule has 1 heterocycles. The van der Waals surface area contributed by atoms with Crippen molar-refractivity contribution in [3.8, 4) is 0 Å². The number of benzene rings is 1. The van der Waals surface area contributed by atoms with Crippen LogP contribution in [0.25, 0.3) is 0 Å². The van der Waals surface area contributed by atoms with Crippen molar-refractivity contribution in [1.29, 1.82) is 0 Å². The Kier molecular flexibility index (Phi) is 5.76. The second-order valence-electron chi connectivity index (χ2n) is 5.29. The Bertz CT molecular complexity index is 682. The van der Waals surface area contributed by atoms with Gasteiger partial charge in [-0.3, -0.25) is 9.59 Å². The molecule has 0 saturated heterocycles. The molecule has 0 saturated carbocycles. The van der Waals surface area contributed by atoms with Crippen molar-refractivity contribution in [3.05, 3.63) is 53.7 Å². The Morgan fingerprint density at radius 1 is 1.13 bits per heavy atom. The number of thioether (sulfide) groups is 1. The highest BCUT2D eigenvalue weighted by Gasteiger charge is 2.08. The first kappa shape index (κ1) is 17.0. The van der Waals surface area contributed by atoms with Gasteiger partial charge in [-0.1, -0.05) is 17.8 Å². The van der Waals surface area contributed by atoms with Gasteiger partial charge in [0.1, 0.15) is 0 Å². The summed E-state index contributed by atoms with van der Waals surface area (Å²) in [5.41, 5.74) is 2.35. The molecule has 0 bridgehead atoms. The summed E-state index contributed by atoms with van der Waals surface area (Å²) < 4.78 is 0. The predicted octanol–water partition coefficient (Wildman–Crippen LogP) is 2.82. The Hall–Kier alpha value is -2.34. The van der Waals surface area contributed by atoms with E-state index in [1.807, 2.05) is 19.1 Å². The topological polar surface area (TPSA) is 62.3 Å². The largest absolute Gasteiger partial charge is 0.345 e. The van der Waals surface area contributed by atoms with E-state index in [4.69, 9.17) is 0 Å². The van der Waals surface area contributed by atoms with E-state index in [9.17, 15) is 9.59 Å². The standard InChI is InChI=1S/C17H19N3O2S/c1-12-4-9-16(18-10-12)23-11-15(21)19-14-7-5-13(6-8-14)17(22)20(2)3/h4-10H,11H2,1-3H3,(H,19,21). The number of nitrogens with one attached hydrogen (secondary N) is 1. The van der Waals surface area contributed by atoms with Crippen molar-refractivity contribution in [2.24, 2.45) is 0 Å². The SMILES string of the molecule is Cc1ccc(SCC(=O)Nc2ccc(C(=O)N(C)C)cc2)nc1. The van der Waals surface area contributed by atoms with E-state index < -0.39 is 0 Å². The molecule has 2 rings (SSSR count). The third-order valence-corrected chi connectivity index (χ3v) is 4.00. The van der Waals surface area contributed by atoms with Gasteiger partial charge in [0.15, 0.2) is 0 Å². The number of aromatic nitrogens is 1. The van der Waals surface area contributed by atoms with Crippen LogP contribution < -0.4 is 5.32 Å². The van der Waals surface area contributed by atoms with Crippen LogP contribution >= 0.6 is 11.8 Å². The van der Waals surface area contributed by atoms with Crippen LogP contribution in [0.15, 0.2) is 47.6 Å². The number of amides is 2. The average molecular weight is 329 g/mol. The fourth-order valence-electron chi connectivity index (χ4n) is 1.83. The third kappa shape index (κ3) is 5.10. The number of carbonyl (C=O) groups excluding carboxylic acids is 2. The highest BCUT2D eigenvalue weighted by Crippen LogP contribution is 2.16. The Morgan fingerprint density at radius 3 is 2.39 bits per heavy atom. The third-order valence-electron chi connectivity index (χ3n) is 3.06. The first-order valence-corrected chi connectivity index (χ1v) is 8.11. The van der Waals surface area contributed by atoms with Gasteiger partial charge in [-0.05, 0) is 42.8 Å². The van der Waals surface area contributed by atoms with Crippen LogP contribution in [0.3, 0.4) is 0 Å². The minimum Gasteiger partial charge on any atom is -0.345 e. The summed E-state index contributed by atoms with van der Waals surface area (Å²) in [7, 11) is 3.41. The van der Waals surface area contributed by atoms with Gasteiger partial charge in [-0.2, -0.15) is 0 Å². The van der Waals surface area contributed by atoms with E-state index in [-0.39, 0.29) is 17.6 Å². The van der Waals surface area contributed by atoms with Crippen LogP contribution in [0, 0.1) is 6.92 Å². The number of hydrogen-bond donors (Lipinski definition) is 1. The van der Waals surface area contributed by atoms with Crippen LogP contribution in [0.5, 0.6) is 0 Å². The highest BCUT2D eigenvalue weighted by molar-refractivity contribution is 7.99. The van der Waals surface area contributed by atoms with Gasteiger partial charge >= 0.3 is 0 Å². The van der Waals surface area contributed by atoms with E-state index in [1.165, 1.54) is 16.7 Å². The molecule has 5 nitrogen and oxygen atoms in total. The lowest BCUT2D eigenvalue weighted by Crippen LogP contribution is -2.21. The minimum atomic E-state index is -0.107. The fraction of sp³-hybridized carbons (Fsp3) is 0.235. The molecule has 120 valence electrons. The number of carbonyl (C=O) groups is 2. The summed E-state index contributed by atoms with van der Waals surface area (Å²) in [5, 5.41) is 3.62. The first-order valence-electron chi connectivity index (χ1n) is 7.13. The maximum atomic E-state index is 11.9. The van der Waals surface area contributed by atoms with E-state index in [1.54, 1.807) is 44.6 Å². The van der Waals surface area contributed by atoms with E-state index >= 15 is 0 Å². The first-order chi connectivity index (χ1) is 11.0. The van der Waals surface area contributed by atoms with E-state index in [0.717, 1.165) is 10.6 Å². The molecule has 1 N–H and O–H groups in total. The zero-order chi connectivity index (χ0) is 16.8. The van der Waals surface area contributed by atoms with Crippen LogP contribution in [0.1, 0.15) is 15.9 Å². The molecular weight excluding hydrogens is 310 g/mol. The summed E-state index contributed by atoms with van der Waals surface area (Å²) in [6.45, 7) is 1.97. The molecule has 0 atom stereocenters. The Morgan fingerprint density at radius 2 is 1.83 bits per heavy atom. The van der Waals surface area contributed by atoms with Crippen molar-refractivity contribution in [3.63, 3.8) is 0 Å². The molecule has 6 heteroatoms. The number of pyridine rings is 1. The number of aryl methyl sites for hydroxylation is 1. The van der Waals surface area contributed by atoms with Crippen LogP contribution in [0.2, 0.25) is 0 Å². The summed E-state index contributed by atoms with van der Waals surface area (Å²) in [6.07, 6.45) is 1.78. The molecule has 0 radical (unpaired) electrons. The molecule has 0 spiro atoms. The quantitative estimate of drug-likeness (QED) is 0.857. The lowest BCUT2D eigenvalue weighted by molar-refractivity contribution is -0.113. The predicted molar refractivity (Wildman–Crippen MR) is 92.8 cm³/mol. The lowest BCUT2D eigenvalue weighted by atomic mass is 10.2.